The van der Waals surface area contributed by atoms with Crippen molar-refractivity contribution in [2.45, 2.75) is 6.92 Å². The molecular formula is C18H19F2N7O. The van der Waals surface area contributed by atoms with Crippen molar-refractivity contribution in [3.63, 3.8) is 0 Å². The Morgan fingerprint density at radius 3 is 2.54 bits per heavy atom. The Kier molecular flexibility index (Phi) is 4.86. The maximum Gasteiger partial charge on any atom is 0.238 e. The predicted molar refractivity (Wildman–Crippen MR) is 99.2 cm³/mol. The second-order valence-electron chi connectivity index (χ2n) is 6.66. The Hall–Kier alpha value is -3.14. The van der Waals surface area contributed by atoms with Crippen molar-refractivity contribution in [2.24, 2.45) is 0 Å². The van der Waals surface area contributed by atoms with Crippen molar-refractivity contribution in [3.05, 3.63) is 48.1 Å². The van der Waals surface area contributed by atoms with Crippen molar-refractivity contribution < 1.29 is 13.6 Å². The topological polar surface area (TPSA) is 78.7 Å². The number of rotatable bonds is 4. The maximum atomic E-state index is 13.2. The molecule has 2 aromatic heterocycles. The van der Waals surface area contributed by atoms with Crippen LogP contribution in [0.3, 0.4) is 0 Å². The standard InChI is InChI=1S/C18H19F2N7O/c1-12-22-16-9-21-10-18(27(16)24-12)26-4-2-25(3-5-26)11-17(28)23-15-7-13(19)6-14(20)8-15/h6-10H,2-5,11H2,1H3,(H,23,28). The number of amides is 1. The van der Waals surface area contributed by atoms with Gasteiger partial charge in [-0.1, -0.05) is 0 Å². The number of fused-ring (bicyclic) bond motifs is 1. The van der Waals surface area contributed by atoms with Gasteiger partial charge in [0.05, 0.1) is 18.9 Å². The van der Waals surface area contributed by atoms with Gasteiger partial charge in [-0.25, -0.2) is 13.8 Å². The van der Waals surface area contributed by atoms with E-state index in [2.05, 4.69) is 25.3 Å². The third-order valence-corrected chi connectivity index (χ3v) is 4.54. The molecule has 10 heteroatoms. The first-order valence-corrected chi connectivity index (χ1v) is 8.88. The minimum Gasteiger partial charge on any atom is -0.353 e. The van der Waals surface area contributed by atoms with E-state index in [0.717, 1.165) is 24.0 Å². The first kappa shape index (κ1) is 18.2. The van der Waals surface area contributed by atoms with Crippen LogP contribution in [0.5, 0.6) is 0 Å². The lowest BCUT2D eigenvalue weighted by Crippen LogP contribution is -2.49. The molecule has 0 aliphatic carbocycles. The highest BCUT2D eigenvalue weighted by Gasteiger charge is 2.21. The van der Waals surface area contributed by atoms with Crippen LogP contribution < -0.4 is 10.2 Å². The molecule has 0 atom stereocenters. The summed E-state index contributed by atoms with van der Waals surface area (Å²) in [5.41, 5.74) is 0.805. The summed E-state index contributed by atoms with van der Waals surface area (Å²) < 4.78 is 28.2. The summed E-state index contributed by atoms with van der Waals surface area (Å²) in [5, 5.41) is 6.94. The fourth-order valence-corrected chi connectivity index (χ4v) is 3.29. The number of nitrogens with one attached hydrogen (secondary N) is 1. The molecule has 0 radical (unpaired) electrons. The molecule has 1 aliphatic rings. The lowest BCUT2D eigenvalue weighted by molar-refractivity contribution is -0.117. The third-order valence-electron chi connectivity index (χ3n) is 4.54. The Labute approximate surface area is 159 Å². The smallest absolute Gasteiger partial charge is 0.238 e. The second kappa shape index (κ2) is 7.47. The van der Waals surface area contributed by atoms with E-state index in [-0.39, 0.29) is 18.1 Å². The molecule has 3 heterocycles. The molecule has 1 N–H and O–H groups in total. The lowest BCUT2D eigenvalue weighted by atomic mass is 10.3. The van der Waals surface area contributed by atoms with E-state index in [0.29, 0.717) is 37.7 Å². The number of aromatic nitrogens is 4. The molecule has 28 heavy (non-hydrogen) atoms. The first-order chi connectivity index (χ1) is 13.5. The summed E-state index contributed by atoms with van der Waals surface area (Å²) in [5.74, 6) is -0.227. The number of aryl methyl sites for hydroxylation is 1. The van der Waals surface area contributed by atoms with Crippen LogP contribution in [0.2, 0.25) is 0 Å². The maximum absolute atomic E-state index is 13.2. The van der Waals surface area contributed by atoms with Gasteiger partial charge >= 0.3 is 0 Å². The van der Waals surface area contributed by atoms with Gasteiger partial charge in [-0.05, 0) is 19.1 Å². The summed E-state index contributed by atoms with van der Waals surface area (Å²) in [6.45, 7) is 4.70. The third kappa shape index (κ3) is 3.91. The number of carbonyl (C=O) groups is 1. The zero-order chi connectivity index (χ0) is 19.7. The number of nitrogens with zero attached hydrogens (tertiary/aromatic N) is 6. The van der Waals surface area contributed by atoms with Crippen molar-refractivity contribution in [2.75, 3.05) is 42.9 Å². The van der Waals surface area contributed by atoms with E-state index in [1.807, 2.05) is 11.8 Å². The first-order valence-electron chi connectivity index (χ1n) is 8.88. The molecule has 8 nitrogen and oxygen atoms in total. The zero-order valence-corrected chi connectivity index (χ0v) is 15.3. The number of halogens is 2. The van der Waals surface area contributed by atoms with E-state index >= 15 is 0 Å². The Morgan fingerprint density at radius 2 is 1.82 bits per heavy atom. The van der Waals surface area contributed by atoms with Gasteiger partial charge in [0.2, 0.25) is 5.91 Å². The highest BCUT2D eigenvalue weighted by atomic mass is 19.1. The van der Waals surface area contributed by atoms with Crippen LogP contribution >= 0.6 is 0 Å². The Balaban J connectivity index is 1.35. The van der Waals surface area contributed by atoms with Gasteiger partial charge in [0, 0.05) is 37.9 Å². The van der Waals surface area contributed by atoms with Crippen LogP contribution in [0.25, 0.3) is 5.65 Å². The van der Waals surface area contributed by atoms with Gasteiger partial charge in [0.25, 0.3) is 0 Å². The molecule has 4 rings (SSSR count). The summed E-state index contributed by atoms with van der Waals surface area (Å²) in [6, 6.07) is 2.94. The molecule has 1 aromatic carbocycles. The molecule has 1 aliphatic heterocycles. The van der Waals surface area contributed by atoms with E-state index in [4.69, 9.17) is 0 Å². The highest BCUT2D eigenvalue weighted by Crippen LogP contribution is 2.17. The summed E-state index contributed by atoms with van der Waals surface area (Å²) in [7, 11) is 0. The number of anilines is 2. The van der Waals surface area contributed by atoms with Crippen LogP contribution in [-0.4, -0.2) is 63.1 Å². The molecule has 1 amide bonds. The van der Waals surface area contributed by atoms with Gasteiger partial charge in [0.1, 0.15) is 17.5 Å². The zero-order valence-electron chi connectivity index (χ0n) is 15.3. The molecular weight excluding hydrogens is 368 g/mol. The number of carbonyl (C=O) groups excluding carboxylic acids is 1. The monoisotopic (exact) mass is 387 g/mol. The van der Waals surface area contributed by atoms with E-state index in [9.17, 15) is 13.6 Å². The average molecular weight is 387 g/mol. The van der Waals surface area contributed by atoms with Crippen molar-refractivity contribution in [1.82, 2.24) is 24.5 Å². The summed E-state index contributed by atoms with van der Waals surface area (Å²) in [6.07, 6.45) is 3.42. The normalized spacial score (nSPS) is 15.2. The molecule has 146 valence electrons. The molecule has 0 spiro atoms. The molecule has 1 saturated heterocycles. The highest BCUT2D eigenvalue weighted by molar-refractivity contribution is 5.92. The minimum atomic E-state index is -0.727. The summed E-state index contributed by atoms with van der Waals surface area (Å²) in [4.78, 5) is 24.9. The molecule has 1 fully saturated rings. The molecule has 3 aromatic rings. The van der Waals surface area contributed by atoms with E-state index in [1.165, 1.54) is 0 Å². The number of piperazine rings is 1. The van der Waals surface area contributed by atoms with Crippen molar-refractivity contribution >= 4 is 23.1 Å². The van der Waals surface area contributed by atoms with Crippen molar-refractivity contribution in [3.8, 4) is 0 Å². The van der Waals surface area contributed by atoms with Gasteiger partial charge < -0.3 is 10.2 Å². The van der Waals surface area contributed by atoms with Crippen LogP contribution in [0.1, 0.15) is 5.82 Å². The van der Waals surface area contributed by atoms with Crippen LogP contribution in [-0.2, 0) is 4.79 Å². The number of hydrogen-bond donors (Lipinski definition) is 1. The van der Waals surface area contributed by atoms with Crippen LogP contribution in [0.15, 0.2) is 30.6 Å². The average Bonchev–Trinajstić information content (AvgIpc) is 3.01. The van der Waals surface area contributed by atoms with E-state index < -0.39 is 11.6 Å². The fourth-order valence-electron chi connectivity index (χ4n) is 3.29. The lowest BCUT2D eigenvalue weighted by Gasteiger charge is -2.35. The van der Waals surface area contributed by atoms with Crippen molar-refractivity contribution in [1.29, 1.82) is 0 Å². The van der Waals surface area contributed by atoms with E-state index in [1.54, 1.807) is 16.9 Å². The van der Waals surface area contributed by atoms with Crippen LogP contribution in [0.4, 0.5) is 20.3 Å². The minimum absolute atomic E-state index is 0.112. The second-order valence-corrected chi connectivity index (χ2v) is 6.66. The molecule has 0 unspecified atom stereocenters. The quantitative estimate of drug-likeness (QED) is 0.731. The van der Waals surface area contributed by atoms with Gasteiger partial charge in [0.15, 0.2) is 11.5 Å². The number of benzene rings is 1. The van der Waals surface area contributed by atoms with Gasteiger partial charge in [-0.15, -0.1) is 5.10 Å². The Bertz CT molecular complexity index is 994. The Morgan fingerprint density at radius 1 is 1.11 bits per heavy atom. The largest absolute Gasteiger partial charge is 0.353 e. The number of hydrogen-bond acceptors (Lipinski definition) is 6. The molecule has 0 saturated carbocycles. The fraction of sp³-hybridized carbons (Fsp3) is 0.333. The molecule has 0 bridgehead atoms. The van der Waals surface area contributed by atoms with Gasteiger partial charge in [-0.2, -0.15) is 4.52 Å². The SMILES string of the molecule is Cc1nc2cncc(N3CCN(CC(=O)Nc4cc(F)cc(F)c4)CC3)n2n1. The summed E-state index contributed by atoms with van der Waals surface area (Å²) >= 11 is 0. The van der Waals surface area contributed by atoms with Crippen LogP contribution in [0, 0.1) is 18.6 Å². The predicted octanol–water partition coefficient (Wildman–Crippen LogP) is 1.47. The van der Waals surface area contributed by atoms with Gasteiger partial charge in [-0.3, -0.25) is 14.7 Å².